The fourth-order valence-corrected chi connectivity index (χ4v) is 1.55. The van der Waals surface area contributed by atoms with Gasteiger partial charge in [0.1, 0.15) is 0 Å². The highest BCUT2D eigenvalue weighted by atomic mass is 16.2. The van der Waals surface area contributed by atoms with Crippen LogP contribution in [0.1, 0.15) is 27.2 Å². The topological polar surface area (TPSA) is 29.1 Å². The molecule has 1 fully saturated rings. The second kappa shape index (κ2) is 2.60. The molecule has 1 N–H and O–H groups in total. The number of nitrogens with one attached hydrogen (secondary N) is 1. The van der Waals surface area contributed by atoms with Crippen molar-refractivity contribution in [2.24, 2.45) is 11.8 Å². The Morgan fingerprint density at radius 2 is 2.30 bits per heavy atom. The number of amides is 1. The van der Waals surface area contributed by atoms with Crippen molar-refractivity contribution in [2.45, 2.75) is 33.2 Å². The van der Waals surface area contributed by atoms with Gasteiger partial charge in [-0.05, 0) is 12.8 Å². The molecule has 0 aromatic rings. The standard InChI is InChI=1S/C8H15NO/c1-4-5(2)7-6(3)9-8(7)10/h5-7H,4H2,1-3H3,(H,9,10)/t5-,6-,7-/m0/s1. The first kappa shape index (κ1) is 7.58. The van der Waals surface area contributed by atoms with E-state index in [1.54, 1.807) is 0 Å². The van der Waals surface area contributed by atoms with E-state index in [9.17, 15) is 4.79 Å². The molecule has 1 saturated heterocycles. The highest BCUT2D eigenvalue weighted by Gasteiger charge is 2.38. The van der Waals surface area contributed by atoms with Crippen LogP contribution >= 0.6 is 0 Å². The third kappa shape index (κ3) is 1.02. The maximum atomic E-state index is 10.9. The molecule has 0 radical (unpaired) electrons. The Hall–Kier alpha value is -0.530. The summed E-state index contributed by atoms with van der Waals surface area (Å²) in [7, 11) is 0. The summed E-state index contributed by atoms with van der Waals surface area (Å²) in [6, 6.07) is 0.405. The molecule has 0 bridgehead atoms. The van der Waals surface area contributed by atoms with Gasteiger partial charge in [0.15, 0.2) is 0 Å². The molecule has 0 aromatic heterocycles. The van der Waals surface area contributed by atoms with E-state index in [1.807, 2.05) is 0 Å². The number of β-lactam (4-membered cyclic amide) rings is 1. The molecule has 1 aliphatic heterocycles. The van der Waals surface area contributed by atoms with Gasteiger partial charge < -0.3 is 5.32 Å². The van der Waals surface area contributed by atoms with Crippen LogP contribution in [0.3, 0.4) is 0 Å². The Kier molecular flexibility index (Phi) is 1.97. The van der Waals surface area contributed by atoms with E-state index >= 15 is 0 Å². The Labute approximate surface area is 62.0 Å². The van der Waals surface area contributed by atoms with Gasteiger partial charge in [0.05, 0.1) is 5.92 Å². The summed E-state index contributed by atoms with van der Waals surface area (Å²) in [5, 5.41) is 2.83. The highest BCUT2D eigenvalue weighted by Crippen LogP contribution is 2.25. The minimum absolute atomic E-state index is 0.238. The molecule has 0 spiro atoms. The van der Waals surface area contributed by atoms with E-state index in [4.69, 9.17) is 0 Å². The van der Waals surface area contributed by atoms with Crippen molar-refractivity contribution < 1.29 is 4.79 Å². The van der Waals surface area contributed by atoms with Crippen LogP contribution in [0.15, 0.2) is 0 Å². The number of carbonyl (C=O) groups excluding carboxylic acids is 1. The fraction of sp³-hybridized carbons (Fsp3) is 0.875. The van der Waals surface area contributed by atoms with Crippen LogP contribution in [0, 0.1) is 11.8 Å². The van der Waals surface area contributed by atoms with Gasteiger partial charge in [-0.1, -0.05) is 20.3 Å². The van der Waals surface area contributed by atoms with Crippen molar-refractivity contribution in [3.63, 3.8) is 0 Å². The average Bonchev–Trinajstić information content (AvgIpc) is 1.87. The lowest BCUT2D eigenvalue weighted by Gasteiger charge is -2.37. The zero-order valence-corrected chi connectivity index (χ0v) is 6.85. The van der Waals surface area contributed by atoms with E-state index in [0.29, 0.717) is 12.0 Å². The summed E-state index contributed by atoms with van der Waals surface area (Å²) in [6.07, 6.45) is 1.10. The van der Waals surface area contributed by atoms with Crippen molar-refractivity contribution in [3.05, 3.63) is 0 Å². The van der Waals surface area contributed by atoms with Crippen molar-refractivity contribution in [3.8, 4) is 0 Å². The van der Waals surface area contributed by atoms with Gasteiger partial charge in [-0.3, -0.25) is 4.79 Å². The summed E-state index contributed by atoms with van der Waals surface area (Å²) in [5.41, 5.74) is 0. The average molecular weight is 141 g/mol. The molecule has 1 rings (SSSR count). The van der Waals surface area contributed by atoms with Crippen LogP contribution in [0.25, 0.3) is 0 Å². The summed E-state index contributed by atoms with van der Waals surface area (Å²) in [4.78, 5) is 10.9. The second-order valence-corrected chi connectivity index (χ2v) is 3.21. The second-order valence-electron chi connectivity index (χ2n) is 3.21. The minimum Gasteiger partial charge on any atom is -0.353 e. The zero-order chi connectivity index (χ0) is 7.72. The van der Waals surface area contributed by atoms with Crippen molar-refractivity contribution >= 4 is 5.91 Å². The lowest BCUT2D eigenvalue weighted by Crippen LogP contribution is -2.58. The lowest BCUT2D eigenvalue weighted by molar-refractivity contribution is -0.137. The fourth-order valence-electron chi connectivity index (χ4n) is 1.55. The number of hydrogen-bond donors (Lipinski definition) is 1. The molecule has 1 amide bonds. The maximum Gasteiger partial charge on any atom is 0.225 e. The largest absolute Gasteiger partial charge is 0.353 e. The van der Waals surface area contributed by atoms with Crippen LogP contribution < -0.4 is 5.32 Å². The predicted octanol–water partition coefficient (Wildman–Crippen LogP) is 1.17. The Morgan fingerprint density at radius 1 is 1.70 bits per heavy atom. The molecule has 1 heterocycles. The van der Waals surface area contributed by atoms with Gasteiger partial charge in [0.2, 0.25) is 5.91 Å². The SMILES string of the molecule is CC[C@H](C)[C@@H]1C(=O)N[C@H]1C. The van der Waals surface area contributed by atoms with Gasteiger partial charge in [0.25, 0.3) is 0 Å². The molecule has 3 atom stereocenters. The number of carbonyl (C=O) groups is 1. The Bertz CT molecular complexity index is 144. The van der Waals surface area contributed by atoms with Crippen molar-refractivity contribution in [2.75, 3.05) is 0 Å². The van der Waals surface area contributed by atoms with Crippen LogP contribution in [0.5, 0.6) is 0 Å². The quantitative estimate of drug-likeness (QED) is 0.574. The van der Waals surface area contributed by atoms with E-state index < -0.39 is 0 Å². The van der Waals surface area contributed by atoms with Crippen LogP contribution in [0.2, 0.25) is 0 Å². The molecule has 1 aliphatic rings. The van der Waals surface area contributed by atoms with Gasteiger partial charge in [0, 0.05) is 6.04 Å². The highest BCUT2D eigenvalue weighted by molar-refractivity contribution is 5.85. The van der Waals surface area contributed by atoms with E-state index in [0.717, 1.165) is 6.42 Å². The first-order valence-corrected chi connectivity index (χ1v) is 3.97. The van der Waals surface area contributed by atoms with E-state index in [2.05, 4.69) is 26.1 Å². The van der Waals surface area contributed by atoms with Gasteiger partial charge in [-0.15, -0.1) is 0 Å². The lowest BCUT2D eigenvalue weighted by atomic mass is 9.80. The van der Waals surface area contributed by atoms with Gasteiger partial charge >= 0.3 is 0 Å². The molecule has 10 heavy (non-hydrogen) atoms. The van der Waals surface area contributed by atoms with Crippen molar-refractivity contribution in [1.82, 2.24) is 5.32 Å². The Balaban J connectivity index is 2.46. The molecule has 2 nitrogen and oxygen atoms in total. The Morgan fingerprint density at radius 3 is 2.50 bits per heavy atom. The monoisotopic (exact) mass is 141 g/mol. The molecular formula is C8H15NO. The number of rotatable bonds is 2. The van der Waals surface area contributed by atoms with E-state index in [-0.39, 0.29) is 11.8 Å². The maximum absolute atomic E-state index is 10.9. The van der Waals surface area contributed by atoms with Gasteiger partial charge in [-0.25, -0.2) is 0 Å². The van der Waals surface area contributed by atoms with Crippen LogP contribution in [-0.2, 0) is 4.79 Å². The predicted molar refractivity (Wildman–Crippen MR) is 40.5 cm³/mol. The summed E-state index contributed by atoms with van der Waals surface area (Å²) < 4.78 is 0. The summed E-state index contributed by atoms with van der Waals surface area (Å²) in [5.74, 6) is 1.07. The molecule has 58 valence electrons. The first-order chi connectivity index (χ1) is 4.66. The zero-order valence-electron chi connectivity index (χ0n) is 6.85. The molecule has 0 aromatic carbocycles. The molecular weight excluding hydrogens is 126 g/mol. The smallest absolute Gasteiger partial charge is 0.225 e. The molecule has 0 saturated carbocycles. The molecule has 0 aliphatic carbocycles. The van der Waals surface area contributed by atoms with Crippen LogP contribution in [0.4, 0.5) is 0 Å². The molecule has 0 unspecified atom stereocenters. The third-order valence-corrected chi connectivity index (χ3v) is 2.47. The summed E-state index contributed by atoms with van der Waals surface area (Å²) >= 11 is 0. The number of hydrogen-bond acceptors (Lipinski definition) is 1. The third-order valence-electron chi connectivity index (χ3n) is 2.47. The minimum atomic E-state index is 0.238. The van der Waals surface area contributed by atoms with Gasteiger partial charge in [-0.2, -0.15) is 0 Å². The summed E-state index contributed by atoms with van der Waals surface area (Å²) in [6.45, 7) is 6.33. The first-order valence-electron chi connectivity index (χ1n) is 3.97. The van der Waals surface area contributed by atoms with E-state index in [1.165, 1.54) is 0 Å². The van der Waals surface area contributed by atoms with Crippen LogP contribution in [-0.4, -0.2) is 11.9 Å². The van der Waals surface area contributed by atoms with Crippen molar-refractivity contribution in [1.29, 1.82) is 0 Å². The normalized spacial score (nSPS) is 34.5. The molecule has 2 heteroatoms.